The number of nitrogens with two attached hydrogens (primary N) is 1. The van der Waals surface area contributed by atoms with Crippen molar-refractivity contribution in [2.45, 2.75) is 17.2 Å². The van der Waals surface area contributed by atoms with E-state index in [1.54, 1.807) is 6.07 Å². The van der Waals surface area contributed by atoms with Crippen molar-refractivity contribution in [3.63, 3.8) is 0 Å². The number of methoxy groups -OCH3 is 1. The van der Waals surface area contributed by atoms with Crippen LogP contribution in [-0.2, 0) is 20.2 Å². The molecule has 1 aromatic heterocycles. The number of aliphatic carboxylic acids is 1. The second kappa shape index (κ2) is 7.30. The first kappa shape index (κ1) is 20.5. The maximum absolute atomic E-state index is 14.0. The molecule has 29 heavy (non-hydrogen) atoms. The van der Waals surface area contributed by atoms with Gasteiger partial charge in [0.05, 0.1) is 12.0 Å². The predicted octanol–water partition coefficient (Wildman–Crippen LogP) is 2.53. The van der Waals surface area contributed by atoms with Crippen molar-refractivity contribution >= 4 is 16.0 Å². The Morgan fingerprint density at radius 1 is 1.21 bits per heavy atom. The summed E-state index contributed by atoms with van der Waals surface area (Å²) < 4.78 is 47.0. The summed E-state index contributed by atoms with van der Waals surface area (Å²) in [6, 6.07) is 10.7. The zero-order chi connectivity index (χ0) is 21.4. The summed E-state index contributed by atoms with van der Waals surface area (Å²) >= 11 is 0. The molecule has 3 N–H and O–H groups in total. The number of nitrogens with zero attached hydrogens (tertiary/aromatic N) is 1. The smallest absolute Gasteiger partial charge is 0.321 e. The molecule has 0 radical (unpaired) electrons. The molecule has 0 aliphatic carbocycles. The molecular weight excluding hydrogens is 403 g/mol. The summed E-state index contributed by atoms with van der Waals surface area (Å²) in [4.78, 5) is 11.9. The van der Waals surface area contributed by atoms with Gasteiger partial charge in [0, 0.05) is 11.6 Å². The lowest BCUT2D eigenvalue weighted by atomic mass is 9.80. The Morgan fingerprint density at radius 2 is 1.86 bits per heavy atom. The highest BCUT2D eigenvalue weighted by atomic mass is 32.2. The van der Waals surface area contributed by atoms with Crippen LogP contribution in [0.25, 0.3) is 11.3 Å². The maximum Gasteiger partial charge on any atom is 0.321 e. The molecule has 3 aromatic rings. The number of halogens is 1. The minimum atomic E-state index is -3.92. The van der Waals surface area contributed by atoms with Gasteiger partial charge < -0.3 is 14.4 Å². The van der Waals surface area contributed by atoms with Crippen LogP contribution in [0.1, 0.15) is 18.2 Å². The summed E-state index contributed by atoms with van der Waals surface area (Å²) in [6.07, 6.45) is 0. The Hall–Kier alpha value is -3.24. The molecule has 8 nitrogen and oxygen atoms in total. The number of primary sulfonamides is 1. The van der Waals surface area contributed by atoms with Crippen LogP contribution in [0.3, 0.4) is 0 Å². The van der Waals surface area contributed by atoms with Gasteiger partial charge in [-0.3, -0.25) is 4.79 Å². The van der Waals surface area contributed by atoms with Crippen LogP contribution in [0.2, 0.25) is 0 Å². The molecular formula is C19H17FN2O6S. The Balaban J connectivity index is 2.04. The first-order valence-electron chi connectivity index (χ1n) is 8.25. The zero-order valence-corrected chi connectivity index (χ0v) is 16.2. The fourth-order valence-corrected chi connectivity index (χ4v) is 3.34. The van der Waals surface area contributed by atoms with Crippen molar-refractivity contribution in [3.05, 3.63) is 65.7 Å². The van der Waals surface area contributed by atoms with Crippen molar-refractivity contribution in [2.24, 2.45) is 5.14 Å². The van der Waals surface area contributed by atoms with E-state index in [1.807, 2.05) is 0 Å². The Morgan fingerprint density at radius 3 is 2.38 bits per heavy atom. The van der Waals surface area contributed by atoms with E-state index in [-0.39, 0.29) is 27.7 Å². The third-order valence-corrected chi connectivity index (χ3v) is 5.57. The van der Waals surface area contributed by atoms with Crippen LogP contribution in [0.4, 0.5) is 4.39 Å². The highest BCUT2D eigenvalue weighted by molar-refractivity contribution is 7.89. The van der Waals surface area contributed by atoms with Crippen molar-refractivity contribution < 1.29 is 32.0 Å². The van der Waals surface area contributed by atoms with Gasteiger partial charge in [0.25, 0.3) is 0 Å². The number of carbonyl (C=O) groups is 1. The summed E-state index contributed by atoms with van der Waals surface area (Å²) in [5.74, 6) is -1.80. The number of ether oxygens (including phenoxy) is 1. The number of hydrogen-bond donors (Lipinski definition) is 2. The molecule has 0 bridgehead atoms. The SMILES string of the molecule is COc1ccc(-c2cc(C(C)(C(=O)O)c3ccc(S(N)(=O)=O)cc3)on2)cc1F. The van der Waals surface area contributed by atoms with E-state index in [9.17, 15) is 22.7 Å². The summed E-state index contributed by atoms with van der Waals surface area (Å²) in [6.45, 7) is 1.39. The van der Waals surface area contributed by atoms with E-state index in [0.717, 1.165) is 0 Å². The van der Waals surface area contributed by atoms with Crippen molar-refractivity contribution in [3.8, 4) is 17.0 Å². The van der Waals surface area contributed by atoms with E-state index in [4.69, 9.17) is 14.4 Å². The van der Waals surface area contributed by atoms with Gasteiger partial charge in [-0.25, -0.2) is 17.9 Å². The maximum atomic E-state index is 14.0. The van der Waals surface area contributed by atoms with Crippen LogP contribution in [0.15, 0.2) is 57.9 Å². The molecule has 2 aromatic carbocycles. The van der Waals surface area contributed by atoms with Gasteiger partial charge in [0.15, 0.2) is 22.7 Å². The quantitative estimate of drug-likeness (QED) is 0.626. The number of aromatic nitrogens is 1. The average molecular weight is 420 g/mol. The summed E-state index contributed by atoms with van der Waals surface area (Å²) in [7, 11) is -2.58. The topological polar surface area (TPSA) is 133 Å². The number of sulfonamides is 1. The monoisotopic (exact) mass is 420 g/mol. The first-order valence-corrected chi connectivity index (χ1v) is 9.80. The standard InChI is InChI=1S/C19H17FN2O6S/c1-19(18(23)24,12-4-6-13(7-5-12)29(21,25)26)17-10-15(22-28-17)11-3-8-16(27-2)14(20)9-11/h3-10H,1-2H3,(H,23,24)(H2,21,25,26). The van der Waals surface area contributed by atoms with Crippen molar-refractivity contribution in [1.29, 1.82) is 0 Å². The highest BCUT2D eigenvalue weighted by Gasteiger charge is 2.41. The summed E-state index contributed by atoms with van der Waals surface area (Å²) in [5.41, 5.74) is -0.820. The van der Waals surface area contributed by atoms with Gasteiger partial charge in [-0.15, -0.1) is 0 Å². The zero-order valence-electron chi connectivity index (χ0n) is 15.4. The molecule has 0 amide bonds. The molecule has 0 saturated heterocycles. The first-order chi connectivity index (χ1) is 13.6. The van der Waals surface area contributed by atoms with E-state index in [1.165, 1.54) is 56.5 Å². The van der Waals surface area contributed by atoms with Crippen LogP contribution >= 0.6 is 0 Å². The van der Waals surface area contributed by atoms with Gasteiger partial charge in [-0.1, -0.05) is 17.3 Å². The third-order valence-electron chi connectivity index (χ3n) is 4.64. The molecule has 0 saturated carbocycles. The van der Waals surface area contributed by atoms with E-state index in [2.05, 4.69) is 5.16 Å². The van der Waals surface area contributed by atoms with Crippen LogP contribution < -0.4 is 9.88 Å². The number of hydrogen-bond acceptors (Lipinski definition) is 6. The van der Waals surface area contributed by atoms with Gasteiger partial charge in [0.2, 0.25) is 10.0 Å². The molecule has 10 heteroatoms. The third kappa shape index (κ3) is 3.71. The van der Waals surface area contributed by atoms with E-state index in [0.29, 0.717) is 5.56 Å². The molecule has 0 aliphatic heterocycles. The lowest BCUT2D eigenvalue weighted by Gasteiger charge is -2.22. The number of benzene rings is 2. The minimum absolute atomic E-state index is 0.0143. The minimum Gasteiger partial charge on any atom is -0.494 e. The molecule has 152 valence electrons. The molecule has 1 atom stereocenters. The largest absolute Gasteiger partial charge is 0.494 e. The molecule has 0 fully saturated rings. The highest BCUT2D eigenvalue weighted by Crippen LogP contribution is 2.35. The predicted molar refractivity (Wildman–Crippen MR) is 100 cm³/mol. The molecule has 1 heterocycles. The normalized spacial score (nSPS) is 13.7. The molecule has 0 spiro atoms. The van der Waals surface area contributed by atoms with Gasteiger partial charge in [0.1, 0.15) is 5.69 Å². The Labute approximate surface area is 165 Å². The number of carboxylic acids is 1. The second-order valence-corrected chi connectivity index (χ2v) is 7.99. The van der Waals surface area contributed by atoms with Crippen molar-refractivity contribution in [1.82, 2.24) is 5.16 Å². The van der Waals surface area contributed by atoms with Crippen molar-refractivity contribution in [2.75, 3.05) is 7.11 Å². The lowest BCUT2D eigenvalue weighted by Crippen LogP contribution is -2.33. The van der Waals surface area contributed by atoms with Gasteiger partial charge in [-0.2, -0.15) is 0 Å². The van der Waals surface area contributed by atoms with Crippen LogP contribution in [0.5, 0.6) is 5.75 Å². The molecule has 1 unspecified atom stereocenters. The number of carboxylic acid groups (broad SMARTS) is 1. The van der Waals surface area contributed by atoms with Gasteiger partial charge in [-0.05, 0) is 42.8 Å². The number of rotatable bonds is 6. The Kier molecular flexibility index (Phi) is 5.16. The fourth-order valence-electron chi connectivity index (χ4n) is 2.82. The molecule has 0 aliphatic rings. The van der Waals surface area contributed by atoms with Gasteiger partial charge >= 0.3 is 5.97 Å². The fraction of sp³-hybridized carbons (Fsp3) is 0.158. The van der Waals surface area contributed by atoms with Crippen LogP contribution in [0, 0.1) is 5.82 Å². The second-order valence-electron chi connectivity index (χ2n) is 6.43. The molecule has 3 rings (SSSR count). The van der Waals surface area contributed by atoms with E-state index < -0.39 is 27.2 Å². The Bertz CT molecular complexity index is 1170. The van der Waals surface area contributed by atoms with E-state index >= 15 is 0 Å². The average Bonchev–Trinajstić information content (AvgIpc) is 3.17. The summed E-state index contributed by atoms with van der Waals surface area (Å²) in [5, 5.41) is 18.8. The lowest BCUT2D eigenvalue weighted by molar-refractivity contribution is -0.142. The van der Waals surface area contributed by atoms with Crippen LogP contribution in [-0.4, -0.2) is 31.8 Å².